The van der Waals surface area contributed by atoms with Crippen molar-refractivity contribution >= 4 is 21.4 Å². The summed E-state index contributed by atoms with van der Waals surface area (Å²) in [5.41, 5.74) is 5.73. The van der Waals surface area contributed by atoms with E-state index in [0.717, 1.165) is 34.5 Å². The Labute approximate surface area is 195 Å². The van der Waals surface area contributed by atoms with E-state index in [1.165, 1.54) is 5.56 Å². The molecule has 0 aromatic heterocycles. The van der Waals surface area contributed by atoms with Gasteiger partial charge in [0.1, 0.15) is 5.75 Å². The van der Waals surface area contributed by atoms with E-state index in [4.69, 9.17) is 4.74 Å². The number of benzene rings is 3. The molecule has 3 aromatic rings. The van der Waals surface area contributed by atoms with Gasteiger partial charge in [-0.15, -0.1) is 0 Å². The quantitative estimate of drug-likeness (QED) is 0.463. The number of ether oxygens (including phenoxy) is 1. The number of anilines is 2. The van der Waals surface area contributed by atoms with Crippen LogP contribution in [-0.2, 0) is 10.0 Å². The molecule has 0 saturated heterocycles. The summed E-state index contributed by atoms with van der Waals surface area (Å²) in [6, 6.07) is 19.5. The average Bonchev–Trinajstić information content (AvgIpc) is 3.31. The van der Waals surface area contributed by atoms with E-state index in [9.17, 15) is 8.42 Å². The normalized spacial score (nSPS) is 21.1. The zero-order valence-electron chi connectivity index (χ0n) is 19.0. The van der Waals surface area contributed by atoms with Gasteiger partial charge in [0.25, 0.3) is 10.0 Å². The Kier molecular flexibility index (Phi) is 5.41. The first kappa shape index (κ1) is 21.6. The molecular weight excluding hydrogens is 432 g/mol. The molecule has 5 rings (SSSR count). The summed E-state index contributed by atoms with van der Waals surface area (Å²) >= 11 is 0. The molecular formula is C27H28N2O3S. The number of sulfonamides is 1. The van der Waals surface area contributed by atoms with E-state index in [1.54, 1.807) is 13.2 Å². The van der Waals surface area contributed by atoms with Gasteiger partial charge in [-0.3, -0.25) is 4.72 Å². The van der Waals surface area contributed by atoms with Crippen LogP contribution in [0, 0.1) is 19.8 Å². The summed E-state index contributed by atoms with van der Waals surface area (Å²) < 4.78 is 34.5. The number of aryl methyl sites for hydroxylation is 2. The molecule has 1 aliphatic carbocycles. The second kappa shape index (κ2) is 8.27. The molecule has 0 bridgehead atoms. The highest BCUT2D eigenvalue weighted by molar-refractivity contribution is 7.92. The molecule has 6 heteroatoms. The average molecular weight is 461 g/mol. The van der Waals surface area contributed by atoms with E-state index in [-0.39, 0.29) is 16.9 Å². The molecule has 2 N–H and O–H groups in total. The van der Waals surface area contributed by atoms with Crippen LogP contribution < -0.4 is 14.8 Å². The van der Waals surface area contributed by atoms with Gasteiger partial charge in [0.2, 0.25) is 0 Å². The number of methoxy groups -OCH3 is 1. The van der Waals surface area contributed by atoms with Crippen LogP contribution in [0.5, 0.6) is 5.75 Å². The molecule has 33 heavy (non-hydrogen) atoms. The Balaban J connectivity index is 1.48. The van der Waals surface area contributed by atoms with Crippen molar-refractivity contribution < 1.29 is 13.2 Å². The number of fused-ring (bicyclic) bond motifs is 3. The highest BCUT2D eigenvalue weighted by atomic mass is 32.2. The minimum Gasteiger partial charge on any atom is -0.497 e. The van der Waals surface area contributed by atoms with Gasteiger partial charge in [-0.1, -0.05) is 36.4 Å². The number of rotatable bonds is 5. The first-order valence-electron chi connectivity index (χ1n) is 11.2. The van der Waals surface area contributed by atoms with Gasteiger partial charge in [-0.05, 0) is 84.8 Å². The molecule has 0 radical (unpaired) electrons. The van der Waals surface area contributed by atoms with Gasteiger partial charge >= 0.3 is 0 Å². The van der Waals surface area contributed by atoms with Crippen LogP contribution in [0.4, 0.5) is 11.4 Å². The number of hydrogen-bond donors (Lipinski definition) is 2. The summed E-state index contributed by atoms with van der Waals surface area (Å²) in [6.45, 7) is 3.86. The maximum absolute atomic E-state index is 13.2. The minimum absolute atomic E-state index is 0.152. The molecule has 2 aliphatic rings. The summed E-state index contributed by atoms with van der Waals surface area (Å²) in [6.07, 6.45) is 5.37. The zero-order valence-corrected chi connectivity index (χ0v) is 19.8. The molecule has 0 amide bonds. The standard InChI is InChI=1S/C27H28N2O3S/c1-17-7-8-18(2)26(15-17)29-33(30,31)21-13-14-25-24(16-21)22-5-4-6-23(22)27(28-25)19-9-11-20(32-3)12-10-19/h4-5,7-16,22-23,27-29H,6H2,1-3H3/t22-,23+,27+/m0/s1. The summed E-state index contributed by atoms with van der Waals surface area (Å²) in [5, 5.41) is 3.67. The van der Waals surface area contributed by atoms with Gasteiger partial charge in [0.05, 0.1) is 23.7 Å². The van der Waals surface area contributed by atoms with E-state index in [2.05, 4.69) is 34.3 Å². The molecule has 0 unspecified atom stereocenters. The van der Waals surface area contributed by atoms with Gasteiger partial charge < -0.3 is 10.1 Å². The summed E-state index contributed by atoms with van der Waals surface area (Å²) in [4.78, 5) is 0.283. The fraction of sp³-hybridized carbons (Fsp3) is 0.259. The third kappa shape index (κ3) is 4.00. The van der Waals surface area contributed by atoms with Crippen molar-refractivity contribution in [3.8, 4) is 5.75 Å². The van der Waals surface area contributed by atoms with Crippen molar-refractivity contribution in [2.75, 3.05) is 17.1 Å². The lowest BCUT2D eigenvalue weighted by Crippen LogP contribution is -2.29. The predicted molar refractivity (Wildman–Crippen MR) is 133 cm³/mol. The maximum Gasteiger partial charge on any atom is 0.261 e. The number of hydrogen-bond acceptors (Lipinski definition) is 4. The SMILES string of the molecule is COc1ccc([C@H]2Nc3ccc(S(=O)(=O)Nc4cc(C)ccc4C)cc3[C@H]3C=CC[C@H]32)cc1. The Morgan fingerprint density at radius 2 is 1.79 bits per heavy atom. The van der Waals surface area contributed by atoms with Crippen molar-refractivity contribution in [2.45, 2.75) is 37.1 Å². The highest BCUT2D eigenvalue weighted by Gasteiger charge is 2.38. The van der Waals surface area contributed by atoms with Crippen LogP contribution in [0.15, 0.2) is 77.7 Å². The third-order valence-electron chi connectivity index (χ3n) is 6.76. The lowest BCUT2D eigenvalue weighted by Gasteiger charge is -2.37. The second-order valence-electron chi connectivity index (χ2n) is 8.92. The van der Waals surface area contributed by atoms with Crippen molar-refractivity contribution in [3.05, 3.63) is 95.1 Å². The fourth-order valence-electron chi connectivity index (χ4n) is 4.93. The molecule has 0 spiro atoms. The monoisotopic (exact) mass is 460 g/mol. The lowest BCUT2D eigenvalue weighted by atomic mass is 9.77. The largest absolute Gasteiger partial charge is 0.497 e. The molecule has 3 atom stereocenters. The van der Waals surface area contributed by atoms with Gasteiger partial charge in [0, 0.05) is 11.6 Å². The Morgan fingerprint density at radius 3 is 2.55 bits per heavy atom. The number of allylic oxidation sites excluding steroid dienone is 2. The fourth-order valence-corrected chi connectivity index (χ4v) is 6.09. The Hall–Kier alpha value is -3.25. The molecule has 170 valence electrons. The zero-order chi connectivity index (χ0) is 23.2. The van der Waals surface area contributed by atoms with Crippen molar-refractivity contribution in [1.82, 2.24) is 0 Å². The van der Waals surface area contributed by atoms with Crippen LogP contribution in [0.1, 0.15) is 40.6 Å². The summed E-state index contributed by atoms with van der Waals surface area (Å²) in [7, 11) is -2.04. The van der Waals surface area contributed by atoms with E-state index < -0.39 is 10.0 Å². The van der Waals surface area contributed by atoms with E-state index in [0.29, 0.717) is 11.6 Å². The minimum atomic E-state index is -3.70. The smallest absolute Gasteiger partial charge is 0.261 e. The van der Waals surface area contributed by atoms with Crippen molar-refractivity contribution in [2.24, 2.45) is 5.92 Å². The van der Waals surface area contributed by atoms with Gasteiger partial charge in [-0.25, -0.2) is 8.42 Å². The van der Waals surface area contributed by atoms with Crippen LogP contribution in [0.2, 0.25) is 0 Å². The van der Waals surface area contributed by atoms with Crippen molar-refractivity contribution in [3.63, 3.8) is 0 Å². The molecule has 5 nitrogen and oxygen atoms in total. The first-order chi connectivity index (χ1) is 15.9. The van der Waals surface area contributed by atoms with Gasteiger partial charge in [-0.2, -0.15) is 0 Å². The Morgan fingerprint density at radius 1 is 1.00 bits per heavy atom. The van der Waals surface area contributed by atoms with Gasteiger partial charge in [0.15, 0.2) is 0 Å². The van der Waals surface area contributed by atoms with Crippen molar-refractivity contribution in [1.29, 1.82) is 0 Å². The molecule has 3 aromatic carbocycles. The van der Waals surface area contributed by atoms with Crippen LogP contribution in [-0.4, -0.2) is 15.5 Å². The highest BCUT2D eigenvalue weighted by Crippen LogP contribution is 2.50. The molecule has 1 aliphatic heterocycles. The molecule has 0 saturated carbocycles. The molecule has 0 fully saturated rings. The van der Waals surface area contributed by atoms with E-state index >= 15 is 0 Å². The second-order valence-corrected chi connectivity index (χ2v) is 10.6. The molecule has 1 heterocycles. The third-order valence-corrected chi connectivity index (χ3v) is 8.12. The topological polar surface area (TPSA) is 67.4 Å². The van der Waals surface area contributed by atoms with Crippen LogP contribution in [0.3, 0.4) is 0 Å². The van der Waals surface area contributed by atoms with E-state index in [1.807, 2.05) is 56.3 Å². The summed E-state index contributed by atoms with van der Waals surface area (Å²) in [5.74, 6) is 1.34. The maximum atomic E-state index is 13.2. The first-order valence-corrected chi connectivity index (χ1v) is 12.7. The predicted octanol–water partition coefficient (Wildman–Crippen LogP) is 5.94. The van der Waals surface area contributed by atoms with Crippen LogP contribution >= 0.6 is 0 Å². The Bertz CT molecular complexity index is 1330. The lowest BCUT2D eigenvalue weighted by molar-refractivity contribution is 0.411. The number of nitrogens with one attached hydrogen (secondary N) is 2. The van der Waals surface area contributed by atoms with Crippen LogP contribution in [0.25, 0.3) is 0 Å².